The van der Waals surface area contributed by atoms with Gasteiger partial charge in [-0.1, -0.05) is 56.0 Å². The molecule has 2 atom stereocenters. The van der Waals surface area contributed by atoms with Crippen LogP contribution >= 0.6 is 0 Å². The molecular weight excluding hydrogens is 368 g/mol. The summed E-state index contributed by atoms with van der Waals surface area (Å²) in [5.74, 6) is 6.96. The van der Waals surface area contributed by atoms with Gasteiger partial charge in [0.25, 0.3) is 0 Å². The summed E-state index contributed by atoms with van der Waals surface area (Å²) in [7, 11) is -3.27. The molecule has 1 fully saturated rings. The van der Waals surface area contributed by atoms with E-state index in [4.69, 9.17) is 0 Å². The van der Waals surface area contributed by atoms with Crippen LogP contribution in [0.3, 0.4) is 0 Å². The van der Waals surface area contributed by atoms with E-state index >= 15 is 0 Å². The van der Waals surface area contributed by atoms with E-state index in [1.807, 2.05) is 42.5 Å². The summed E-state index contributed by atoms with van der Waals surface area (Å²) < 4.78 is 25.7. The number of benzene rings is 2. The van der Waals surface area contributed by atoms with Gasteiger partial charge in [-0.15, -0.1) is 0 Å². The van der Waals surface area contributed by atoms with Crippen molar-refractivity contribution < 1.29 is 8.42 Å². The fraction of sp³-hybridized carbons (Fsp3) is 0.391. The Labute approximate surface area is 169 Å². The van der Waals surface area contributed by atoms with E-state index in [-0.39, 0.29) is 5.41 Å². The van der Waals surface area contributed by atoms with Crippen LogP contribution in [0.5, 0.6) is 0 Å². The third-order valence-electron chi connectivity index (χ3n) is 5.70. The minimum absolute atomic E-state index is 0.0125. The molecule has 0 amide bonds. The number of rotatable bonds is 4. The second-order valence-electron chi connectivity index (χ2n) is 7.93. The molecule has 148 valence electrons. The first-order valence-electron chi connectivity index (χ1n) is 9.61. The van der Waals surface area contributed by atoms with Gasteiger partial charge < -0.3 is 0 Å². The van der Waals surface area contributed by atoms with Gasteiger partial charge in [-0.25, -0.2) is 8.42 Å². The third kappa shape index (κ3) is 5.15. The number of hydrogen-bond acceptors (Lipinski definition) is 3. The lowest BCUT2D eigenvalue weighted by molar-refractivity contribution is 0.123. The Kier molecular flexibility index (Phi) is 6.12. The zero-order valence-electron chi connectivity index (χ0n) is 16.8. The van der Waals surface area contributed by atoms with Crippen molar-refractivity contribution in [3.05, 3.63) is 65.7 Å². The van der Waals surface area contributed by atoms with Crippen LogP contribution in [-0.4, -0.2) is 39.2 Å². The van der Waals surface area contributed by atoms with E-state index in [1.54, 1.807) is 6.07 Å². The highest BCUT2D eigenvalue weighted by Crippen LogP contribution is 2.40. The summed E-state index contributed by atoms with van der Waals surface area (Å²) in [5.41, 5.74) is 2.87. The molecule has 3 rings (SSSR count). The Morgan fingerprint density at radius 2 is 1.93 bits per heavy atom. The van der Waals surface area contributed by atoms with Crippen LogP contribution in [0.4, 0.5) is 5.69 Å². The molecule has 1 saturated heterocycles. The summed E-state index contributed by atoms with van der Waals surface area (Å²) in [6, 6.07) is 17.9. The zero-order chi connectivity index (χ0) is 20.2. The molecule has 2 aromatic rings. The Balaban J connectivity index is 1.67. The molecule has 5 heteroatoms. The van der Waals surface area contributed by atoms with Crippen LogP contribution in [-0.2, 0) is 15.4 Å². The Bertz CT molecular complexity index is 976. The lowest BCUT2D eigenvalue weighted by Gasteiger charge is -2.44. The first-order valence-corrected chi connectivity index (χ1v) is 11.5. The average molecular weight is 397 g/mol. The van der Waals surface area contributed by atoms with E-state index in [9.17, 15) is 8.42 Å². The molecule has 1 aliphatic heterocycles. The van der Waals surface area contributed by atoms with E-state index in [1.165, 1.54) is 11.8 Å². The highest BCUT2D eigenvalue weighted by molar-refractivity contribution is 7.92. The quantitative estimate of drug-likeness (QED) is 0.802. The highest BCUT2D eigenvalue weighted by Gasteiger charge is 2.37. The third-order valence-corrected chi connectivity index (χ3v) is 6.31. The number of likely N-dealkylation sites (tertiary alicyclic amines) is 1. The van der Waals surface area contributed by atoms with Crippen molar-refractivity contribution in [2.75, 3.05) is 30.6 Å². The van der Waals surface area contributed by atoms with E-state index in [2.05, 4.69) is 41.4 Å². The molecule has 4 nitrogen and oxygen atoms in total. The van der Waals surface area contributed by atoms with Crippen LogP contribution in [0.15, 0.2) is 54.6 Å². The molecule has 28 heavy (non-hydrogen) atoms. The number of sulfonamides is 1. The molecule has 1 N–H and O–H groups in total. The molecule has 0 radical (unpaired) electrons. The maximum absolute atomic E-state index is 11.5. The molecule has 0 aliphatic carbocycles. The number of nitrogens with zero attached hydrogens (tertiary/aromatic N) is 1. The SMILES string of the molecule is CC1CN(CC#Cc2ccccc2)CCC1(C)c1cccc(NS(C)(=O)=O)c1. The Morgan fingerprint density at radius 1 is 1.18 bits per heavy atom. The van der Waals surface area contributed by atoms with Gasteiger partial charge in [0.05, 0.1) is 12.8 Å². The number of hydrogen-bond donors (Lipinski definition) is 1. The summed E-state index contributed by atoms with van der Waals surface area (Å²) in [6.07, 6.45) is 2.20. The predicted octanol–water partition coefficient (Wildman–Crippen LogP) is 3.71. The normalized spacial score (nSPS) is 22.9. The largest absolute Gasteiger partial charge is 0.292 e. The van der Waals surface area contributed by atoms with Crippen LogP contribution in [0.1, 0.15) is 31.4 Å². The predicted molar refractivity (Wildman–Crippen MR) is 116 cm³/mol. The summed E-state index contributed by atoms with van der Waals surface area (Å²) in [6.45, 7) is 7.28. The van der Waals surface area contributed by atoms with Crippen molar-refractivity contribution in [3.8, 4) is 11.8 Å². The van der Waals surface area contributed by atoms with Gasteiger partial charge >= 0.3 is 0 Å². The molecule has 0 spiro atoms. The van der Waals surface area contributed by atoms with Crippen molar-refractivity contribution in [2.45, 2.75) is 25.7 Å². The van der Waals surface area contributed by atoms with Crippen LogP contribution < -0.4 is 4.72 Å². The van der Waals surface area contributed by atoms with Crippen LogP contribution in [0.25, 0.3) is 0 Å². The maximum atomic E-state index is 11.5. The van der Waals surface area contributed by atoms with Crippen molar-refractivity contribution in [1.82, 2.24) is 4.90 Å². The Hall–Kier alpha value is -2.29. The first-order chi connectivity index (χ1) is 13.3. The fourth-order valence-corrected chi connectivity index (χ4v) is 4.37. The molecule has 0 bridgehead atoms. The molecule has 2 unspecified atom stereocenters. The summed E-state index contributed by atoms with van der Waals surface area (Å²) >= 11 is 0. The highest BCUT2D eigenvalue weighted by atomic mass is 32.2. The summed E-state index contributed by atoms with van der Waals surface area (Å²) in [5, 5.41) is 0. The lowest BCUT2D eigenvalue weighted by Crippen LogP contribution is -2.47. The van der Waals surface area contributed by atoms with E-state index < -0.39 is 10.0 Å². The molecule has 1 heterocycles. The van der Waals surface area contributed by atoms with E-state index in [0.29, 0.717) is 11.6 Å². The molecule has 2 aromatic carbocycles. The van der Waals surface area contributed by atoms with Gasteiger partial charge in [-0.05, 0) is 54.1 Å². The van der Waals surface area contributed by atoms with Crippen LogP contribution in [0.2, 0.25) is 0 Å². The molecule has 0 aromatic heterocycles. The van der Waals surface area contributed by atoms with Crippen LogP contribution in [0, 0.1) is 17.8 Å². The standard InChI is InChI=1S/C23H28N2O2S/c1-19-18-25(15-8-11-20-9-5-4-6-10-20)16-14-23(19,2)21-12-7-13-22(17-21)24-28(3,26)27/h4-7,9-10,12-13,17,19,24H,14-16,18H2,1-3H3. The van der Waals surface area contributed by atoms with Gasteiger partial charge in [0.1, 0.15) is 0 Å². The van der Waals surface area contributed by atoms with Crippen molar-refractivity contribution in [1.29, 1.82) is 0 Å². The van der Waals surface area contributed by atoms with Gasteiger partial charge in [-0.3, -0.25) is 9.62 Å². The van der Waals surface area contributed by atoms with Crippen molar-refractivity contribution in [3.63, 3.8) is 0 Å². The van der Waals surface area contributed by atoms with Crippen molar-refractivity contribution >= 4 is 15.7 Å². The van der Waals surface area contributed by atoms with Gasteiger partial charge in [-0.2, -0.15) is 0 Å². The second kappa shape index (κ2) is 8.38. The number of piperidine rings is 1. The van der Waals surface area contributed by atoms with Crippen molar-refractivity contribution in [2.24, 2.45) is 5.92 Å². The first kappa shape index (κ1) is 20.4. The number of nitrogens with one attached hydrogen (secondary N) is 1. The molecular formula is C23H28N2O2S. The fourth-order valence-electron chi connectivity index (χ4n) is 3.82. The minimum Gasteiger partial charge on any atom is -0.292 e. The lowest BCUT2D eigenvalue weighted by atomic mass is 9.68. The molecule has 0 saturated carbocycles. The maximum Gasteiger partial charge on any atom is 0.229 e. The second-order valence-corrected chi connectivity index (χ2v) is 9.67. The summed E-state index contributed by atoms with van der Waals surface area (Å²) in [4.78, 5) is 2.40. The number of anilines is 1. The average Bonchev–Trinajstić information content (AvgIpc) is 2.64. The van der Waals surface area contributed by atoms with Gasteiger partial charge in [0, 0.05) is 17.8 Å². The molecule has 1 aliphatic rings. The monoisotopic (exact) mass is 396 g/mol. The topological polar surface area (TPSA) is 49.4 Å². The van der Waals surface area contributed by atoms with Gasteiger partial charge in [0.15, 0.2) is 0 Å². The zero-order valence-corrected chi connectivity index (χ0v) is 17.6. The van der Waals surface area contributed by atoms with Gasteiger partial charge in [0.2, 0.25) is 10.0 Å². The Morgan fingerprint density at radius 3 is 2.61 bits per heavy atom. The van der Waals surface area contributed by atoms with E-state index in [0.717, 1.165) is 31.6 Å². The smallest absolute Gasteiger partial charge is 0.229 e. The minimum atomic E-state index is -3.27.